The van der Waals surface area contributed by atoms with Gasteiger partial charge in [0.1, 0.15) is 5.65 Å². The lowest BCUT2D eigenvalue weighted by atomic mass is 10.1. The fourth-order valence-corrected chi connectivity index (χ4v) is 3.83. The predicted molar refractivity (Wildman–Crippen MR) is 107 cm³/mol. The van der Waals surface area contributed by atoms with Crippen LogP contribution in [0.3, 0.4) is 0 Å². The van der Waals surface area contributed by atoms with Crippen molar-refractivity contribution >= 4 is 11.0 Å². The lowest BCUT2D eigenvalue weighted by molar-refractivity contribution is -0.136. The van der Waals surface area contributed by atoms with Gasteiger partial charge < -0.3 is 4.74 Å². The number of fused-ring (bicyclic) bond motifs is 1. The molecule has 4 rings (SSSR count). The SMILES string of the molecule is Cc1ccc(-n2nc(C)c3c(C(F)(F)F)cc(=O)n(CCN4CCOCC4)c32)cc1. The van der Waals surface area contributed by atoms with Crippen molar-refractivity contribution in [3.05, 3.63) is 57.5 Å². The molecule has 0 amide bonds. The van der Waals surface area contributed by atoms with Gasteiger partial charge in [0, 0.05) is 32.2 Å². The highest BCUT2D eigenvalue weighted by Crippen LogP contribution is 2.36. The van der Waals surface area contributed by atoms with Crippen molar-refractivity contribution in [3.63, 3.8) is 0 Å². The van der Waals surface area contributed by atoms with Gasteiger partial charge >= 0.3 is 6.18 Å². The van der Waals surface area contributed by atoms with E-state index in [0.717, 1.165) is 18.7 Å². The van der Waals surface area contributed by atoms with E-state index in [-0.39, 0.29) is 23.3 Å². The number of nitrogens with zero attached hydrogens (tertiary/aromatic N) is 4. The minimum atomic E-state index is -4.65. The number of aromatic nitrogens is 3. The van der Waals surface area contributed by atoms with Crippen molar-refractivity contribution in [2.45, 2.75) is 26.6 Å². The second-order valence-corrected chi connectivity index (χ2v) is 7.53. The van der Waals surface area contributed by atoms with Gasteiger partial charge in [0.2, 0.25) is 0 Å². The number of benzene rings is 1. The fourth-order valence-electron chi connectivity index (χ4n) is 3.83. The zero-order chi connectivity index (χ0) is 21.5. The number of alkyl halides is 3. The van der Waals surface area contributed by atoms with Crippen molar-refractivity contribution in [1.82, 2.24) is 19.2 Å². The van der Waals surface area contributed by atoms with Crippen LogP contribution in [0.1, 0.15) is 16.8 Å². The van der Waals surface area contributed by atoms with Crippen LogP contribution in [0.4, 0.5) is 13.2 Å². The van der Waals surface area contributed by atoms with Gasteiger partial charge in [-0.1, -0.05) is 17.7 Å². The first kappa shape index (κ1) is 20.6. The van der Waals surface area contributed by atoms with Crippen molar-refractivity contribution in [2.75, 3.05) is 32.8 Å². The second kappa shape index (κ2) is 7.88. The molecule has 0 radical (unpaired) electrons. The van der Waals surface area contributed by atoms with Gasteiger partial charge in [0.05, 0.1) is 35.5 Å². The third-order valence-corrected chi connectivity index (χ3v) is 5.42. The molecule has 1 aliphatic heterocycles. The second-order valence-electron chi connectivity index (χ2n) is 7.53. The summed E-state index contributed by atoms with van der Waals surface area (Å²) in [5, 5.41) is 4.35. The first-order valence-electron chi connectivity index (χ1n) is 9.83. The van der Waals surface area contributed by atoms with Crippen LogP contribution in [0, 0.1) is 13.8 Å². The van der Waals surface area contributed by atoms with Crippen LogP contribution < -0.4 is 5.56 Å². The Morgan fingerprint density at radius 1 is 1.07 bits per heavy atom. The highest BCUT2D eigenvalue weighted by molar-refractivity contribution is 5.84. The maximum atomic E-state index is 13.7. The molecule has 1 aliphatic rings. The monoisotopic (exact) mass is 420 g/mol. The Bertz CT molecular complexity index is 1110. The summed E-state index contributed by atoms with van der Waals surface area (Å²) in [5.74, 6) is 0. The highest BCUT2D eigenvalue weighted by Gasteiger charge is 2.36. The fraction of sp³-hybridized carbons (Fsp3) is 0.429. The number of pyridine rings is 1. The van der Waals surface area contributed by atoms with E-state index < -0.39 is 17.3 Å². The van der Waals surface area contributed by atoms with E-state index in [9.17, 15) is 18.0 Å². The van der Waals surface area contributed by atoms with E-state index >= 15 is 0 Å². The van der Waals surface area contributed by atoms with Crippen LogP contribution in [-0.2, 0) is 17.5 Å². The van der Waals surface area contributed by atoms with Crippen LogP contribution in [0.2, 0.25) is 0 Å². The largest absolute Gasteiger partial charge is 0.417 e. The summed E-state index contributed by atoms with van der Waals surface area (Å²) < 4.78 is 49.4. The first-order valence-corrected chi connectivity index (χ1v) is 9.83. The minimum absolute atomic E-state index is 0.0374. The Balaban J connectivity index is 1.90. The number of morpholine rings is 1. The summed E-state index contributed by atoms with van der Waals surface area (Å²) in [5.41, 5.74) is 0.407. The van der Waals surface area contributed by atoms with Crippen molar-refractivity contribution in [3.8, 4) is 5.69 Å². The molecule has 1 fully saturated rings. The molecule has 3 heterocycles. The van der Waals surface area contributed by atoms with Crippen LogP contribution in [0.25, 0.3) is 16.7 Å². The maximum absolute atomic E-state index is 13.7. The molecule has 1 saturated heterocycles. The highest BCUT2D eigenvalue weighted by atomic mass is 19.4. The Morgan fingerprint density at radius 3 is 2.37 bits per heavy atom. The number of hydrogen-bond acceptors (Lipinski definition) is 4. The molecule has 1 aromatic carbocycles. The summed E-state index contributed by atoms with van der Waals surface area (Å²) in [6, 6.07) is 8.00. The zero-order valence-electron chi connectivity index (χ0n) is 16.9. The Labute approximate surface area is 171 Å². The topological polar surface area (TPSA) is 52.3 Å². The molecule has 30 heavy (non-hydrogen) atoms. The number of hydrogen-bond donors (Lipinski definition) is 0. The molecule has 0 N–H and O–H groups in total. The molecule has 0 saturated carbocycles. The Hall–Kier alpha value is -2.65. The molecule has 0 bridgehead atoms. The van der Waals surface area contributed by atoms with E-state index in [1.807, 2.05) is 19.1 Å². The van der Waals surface area contributed by atoms with Gasteiger partial charge in [-0.3, -0.25) is 14.3 Å². The molecular weight excluding hydrogens is 397 g/mol. The summed E-state index contributed by atoms with van der Waals surface area (Å²) in [7, 11) is 0. The van der Waals surface area contributed by atoms with E-state index in [4.69, 9.17) is 4.74 Å². The zero-order valence-corrected chi connectivity index (χ0v) is 16.9. The number of rotatable bonds is 4. The van der Waals surface area contributed by atoms with E-state index in [2.05, 4.69) is 10.00 Å². The molecule has 0 spiro atoms. The maximum Gasteiger partial charge on any atom is 0.417 e. The molecule has 3 aromatic rings. The average Bonchev–Trinajstić information content (AvgIpc) is 3.04. The van der Waals surface area contributed by atoms with Crippen LogP contribution in [0.15, 0.2) is 35.1 Å². The minimum Gasteiger partial charge on any atom is -0.379 e. The summed E-state index contributed by atoms with van der Waals surface area (Å²) in [6.07, 6.45) is -4.65. The van der Waals surface area contributed by atoms with E-state index in [1.54, 1.807) is 19.1 Å². The average molecular weight is 420 g/mol. The third kappa shape index (κ3) is 3.87. The van der Waals surface area contributed by atoms with Crippen LogP contribution >= 0.6 is 0 Å². The quantitative estimate of drug-likeness (QED) is 0.651. The summed E-state index contributed by atoms with van der Waals surface area (Å²) in [4.78, 5) is 14.9. The molecular formula is C21H23F3N4O2. The van der Waals surface area contributed by atoms with Gasteiger partial charge in [0.15, 0.2) is 0 Å². The van der Waals surface area contributed by atoms with Crippen LogP contribution in [0.5, 0.6) is 0 Å². The Kier molecular flexibility index (Phi) is 5.42. The standard InChI is InChI=1S/C21H23F3N4O2/c1-14-3-5-16(6-4-14)28-20-19(15(2)25-28)17(21(22,23)24)13-18(29)27(20)8-7-26-9-11-30-12-10-26/h3-6,13H,7-12H2,1-2H3. The molecule has 6 nitrogen and oxygen atoms in total. The molecule has 9 heteroatoms. The molecule has 0 atom stereocenters. The van der Waals surface area contributed by atoms with Crippen LogP contribution in [-0.4, -0.2) is 52.1 Å². The van der Waals surface area contributed by atoms with Gasteiger partial charge in [-0.15, -0.1) is 0 Å². The summed E-state index contributed by atoms with van der Waals surface area (Å²) >= 11 is 0. The van der Waals surface area contributed by atoms with Gasteiger partial charge in [-0.25, -0.2) is 4.68 Å². The predicted octanol–water partition coefficient (Wildman–Crippen LogP) is 3.16. The molecule has 0 aliphatic carbocycles. The number of ether oxygens (including phenoxy) is 1. The summed E-state index contributed by atoms with van der Waals surface area (Å²) in [6.45, 7) is 6.96. The third-order valence-electron chi connectivity index (χ3n) is 5.42. The first-order chi connectivity index (χ1) is 14.3. The number of halogens is 3. The lowest BCUT2D eigenvalue weighted by Gasteiger charge is -2.27. The molecule has 0 unspecified atom stereocenters. The van der Waals surface area contributed by atoms with E-state index in [0.29, 0.717) is 31.5 Å². The molecule has 160 valence electrons. The van der Waals surface area contributed by atoms with Crippen molar-refractivity contribution in [1.29, 1.82) is 0 Å². The Morgan fingerprint density at radius 2 is 1.73 bits per heavy atom. The lowest BCUT2D eigenvalue weighted by Crippen LogP contribution is -2.39. The van der Waals surface area contributed by atoms with Crippen molar-refractivity contribution < 1.29 is 17.9 Å². The normalized spacial score (nSPS) is 15.8. The van der Waals surface area contributed by atoms with Gasteiger partial charge in [0.25, 0.3) is 5.56 Å². The molecule has 2 aromatic heterocycles. The van der Waals surface area contributed by atoms with Crippen molar-refractivity contribution in [2.24, 2.45) is 0 Å². The van der Waals surface area contributed by atoms with Gasteiger partial charge in [-0.05, 0) is 26.0 Å². The smallest absolute Gasteiger partial charge is 0.379 e. The van der Waals surface area contributed by atoms with Gasteiger partial charge in [-0.2, -0.15) is 18.3 Å². The van der Waals surface area contributed by atoms with E-state index in [1.165, 1.54) is 9.25 Å². The number of aryl methyl sites for hydroxylation is 2.